The fourth-order valence-electron chi connectivity index (χ4n) is 0.666. The van der Waals surface area contributed by atoms with Crippen LogP contribution in [0.25, 0.3) is 0 Å². The molecule has 68 valence electrons. The molecule has 12 heavy (non-hydrogen) atoms. The molecule has 0 fully saturated rings. The molecule has 0 saturated carbocycles. The molecule has 1 amide bonds. The molecule has 5 heteroatoms. The normalized spacial score (nSPS) is 11.8. The van der Waals surface area contributed by atoms with E-state index in [-0.39, 0.29) is 12.5 Å². The predicted molar refractivity (Wildman–Crippen MR) is 43.1 cm³/mol. The van der Waals surface area contributed by atoms with Crippen molar-refractivity contribution in [2.75, 3.05) is 20.2 Å². The van der Waals surface area contributed by atoms with Crippen LogP contribution in [-0.2, 0) is 9.53 Å². The van der Waals surface area contributed by atoms with Crippen molar-refractivity contribution in [1.82, 2.24) is 5.32 Å². The molecule has 0 rings (SSSR count). The van der Waals surface area contributed by atoms with Gasteiger partial charge in [0.2, 0.25) is 5.91 Å². The van der Waals surface area contributed by atoms with Crippen LogP contribution < -0.4 is 11.1 Å². The summed E-state index contributed by atoms with van der Waals surface area (Å²) in [6.45, 7) is 0.490. The third-order valence-corrected chi connectivity index (χ3v) is 1.33. The Kier molecular flexibility index (Phi) is 5.97. The van der Waals surface area contributed by atoms with Crippen LogP contribution in [0.2, 0.25) is 0 Å². The van der Waals surface area contributed by atoms with Crippen molar-refractivity contribution in [3.63, 3.8) is 0 Å². The summed E-state index contributed by atoms with van der Waals surface area (Å²) in [5.41, 5.74) is 5.24. The lowest BCUT2D eigenvalue weighted by atomic mass is 10.3. The van der Waals surface area contributed by atoms with Crippen LogP contribution in [0.3, 0.4) is 0 Å². The van der Waals surface area contributed by atoms with E-state index in [1.165, 1.54) is 7.11 Å². The van der Waals surface area contributed by atoms with E-state index >= 15 is 0 Å². The van der Waals surface area contributed by atoms with Gasteiger partial charge in [-0.05, 0) is 0 Å². The summed E-state index contributed by atoms with van der Waals surface area (Å²) in [5, 5.41) is 10.7. The van der Waals surface area contributed by atoms with E-state index in [1.807, 2.05) is 6.07 Å². The lowest BCUT2D eigenvalue weighted by Gasteiger charge is -2.11. The minimum absolute atomic E-state index is 0.148. The molecule has 3 N–H and O–H groups in total. The number of hydrogen-bond donors (Lipinski definition) is 2. The number of carbonyl (C=O) groups excluding carboxylic acids is 1. The van der Waals surface area contributed by atoms with E-state index in [0.717, 1.165) is 0 Å². The Morgan fingerprint density at radius 2 is 2.50 bits per heavy atom. The van der Waals surface area contributed by atoms with Gasteiger partial charge in [0.25, 0.3) is 0 Å². The molecule has 0 spiro atoms. The maximum Gasteiger partial charge on any atom is 0.250 e. The van der Waals surface area contributed by atoms with Crippen LogP contribution in [0, 0.1) is 11.3 Å². The first-order valence-corrected chi connectivity index (χ1v) is 3.63. The van der Waals surface area contributed by atoms with Crippen LogP contribution >= 0.6 is 0 Å². The van der Waals surface area contributed by atoms with Crippen molar-refractivity contribution in [3.8, 4) is 6.07 Å². The van der Waals surface area contributed by atoms with Crippen molar-refractivity contribution in [1.29, 1.82) is 5.26 Å². The zero-order valence-electron chi connectivity index (χ0n) is 7.04. The van der Waals surface area contributed by atoms with E-state index in [1.54, 1.807) is 0 Å². The smallest absolute Gasteiger partial charge is 0.250 e. The molecule has 1 atom stereocenters. The predicted octanol–water partition coefficient (Wildman–Crippen LogP) is -1.01. The Morgan fingerprint density at radius 1 is 1.83 bits per heavy atom. The summed E-state index contributed by atoms with van der Waals surface area (Å²) in [6.07, 6.45) is -0.309. The highest BCUT2D eigenvalue weighted by Crippen LogP contribution is 1.86. The molecular weight excluding hydrogens is 158 g/mol. The molecule has 0 heterocycles. The van der Waals surface area contributed by atoms with E-state index in [9.17, 15) is 4.79 Å². The molecule has 0 radical (unpaired) electrons. The second kappa shape index (κ2) is 6.58. The van der Waals surface area contributed by atoms with Crippen molar-refractivity contribution < 1.29 is 9.53 Å². The van der Waals surface area contributed by atoms with E-state index in [2.05, 4.69) is 5.32 Å². The Bertz CT molecular complexity index is 172. The molecule has 0 aromatic carbocycles. The van der Waals surface area contributed by atoms with Gasteiger partial charge >= 0.3 is 0 Å². The van der Waals surface area contributed by atoms with Gasteiger partial charge < -0.3 is 15.8 Å². The summed E-state index contributed by atoms with van der Waals surface area (Å²) >= 11 is 0. The van der Waals surface area contributed by atoms with Gasteiger partial charge in [-0.1, -0.05) is 0 Å². The third kappa shape index (κ3) is 3.91. The van der Waals surface area contributed by atoms with Gasteiger partial charge in [0.15, 0.2) is 0 Å². The SMILES string of the molecule is COC(CN)C(=O)NCCC#N. The van der Waals surface area contributed by atoms with E-state index in [0.29, 0.717) is 13.0 Å². The largest absolute Gasteiger partial charge is 0.370 e. The molecule has 1 unspecified atom stereocenters. The molecule has 0 aliphatic heterocycles. The number of nitrogens with one attached hydrogen (secondary N) is 1. The molecule has 0 bridgehead atoms. The molecular formula is C7H13N3O2. The first-order valence-electron chi connectivity index (χ1n) is 3.63. The van der Waals surface area contributed by atoms with Gasteiger partial charge in [-0.15, -0.1) is 0 Å². The Morgan fingerprint density at radius 3 is 2.92 bits per heavy atom. The number of rotatable bonds is 5. The topological polar surface area (TPSA) is 88.1 Å². The average molecular weight is 171 g/mol. The number of carbonyl (C=O) groups is 1. The van der Waals surface area contributed by atoms with Crippen molar-refractivity contribution in [3.05, 3.63) is 0 Å². The lowest BCUT2D eigenvalue weighted by Crippen LogP contribution is -2.40. The highest BCUT2D eigenvalue weighted by molar-refractivity contribution is 5.80. The Hall–Kier alpha value is -1.12. The number of ether oxygens (including phenoxy) is 1. The maximum atomic E-state index is 11.1. The minimum atomic E-state index is -0.608. The molecule has 5 nitrogen and oxygen atoms in total. The van der Waals surface area contributed by atoms with Gasteiger partial charge in [0.1, 0.15) is 6.10 Å². The van der Waals surface area contributed by atoms with E-state index < -0.39 is 6.10 Å². The van der Waals surface area contributed by atoms with Crippen molar-refractivity contribution in [2.45, 2.75) is 12.5 Å². The summed E-state index contributed by atoms with van der Waals surface area (Å²) in [7, 11) is 1.42. The summed E-state index contributed by atoms with van der Waals surface area (Å²) in [6, 6.07) is 1.91. The first-order chi connectivity index (χ1) is 5.76. The quantitative estimate of drug-likeness (QED) is 0.519. The van der Waals surface area contributed by atoms with Crippen molar-refractivity contribution in [2.24, 2.45) is 5.73 Å². The maximum absolute atomic E-state index is 11.1. The number of nitrogens with zero attached hydrogens (tertiary/aromatic N) is 1. The van der Waals surface area contributed by atoms with Gasteiger partial charge in [0.05, 0.1) is 12.5 Å². The van der Waals surface area contributed by atoms with Crippen LogP contribution in [0.15, 0.2) is 0 Å². The van der Waals surface area contributed by atoms with Crippen LogP contribution in [-0.4, -0.2) is 32.2 Å². The fraction of sp³-hybridized carbons (Fsp3) is 0.714. The van der Waals surface area contributed by atoms with Crippen LogP contribution in [0.1, 0.15) is 6.42 Å². The Balaban J connectivity index is 3.63. The average Bonchev–Trinajstić information content (AvgIpc) is 2.07. The van der Waals surface area contributed by atoms with Gasteiger partial charge in [-0.2, -0.15) is 5.26 Å². The summed E-state index contributed by atoms with van der Waals surface area (Å²) in [5.74, 6) is -0.268. The molecule has 0 aliphatic carbocycles. The minimum Gasteiger partial charge on any atom is -0.370 e. The molecule has 0 aromatic rings. The zero-order valence-corrected chi connectivity index (χ0v) is 7.04. The first kappa shape index (κ1) is 10.9. The third-order valence-electron chi connectivity index (χ3n) is 1.33. The highest BCUT2D eigenvalue weighted by atomic mass is 16.5. The molecule has 0 aromatic heterocycles. The number of nitrogens with two attached hydrogens (primary N) is 1. The van der Waals surface area contributed by atoms with Crippen molar-refractivity contribution >= 4 is 5.91 Å². The monoisotopic (exact) mass is 171 g/mol. The number of nitriles is 1. The zero-order chi connectivity index (χ0) is 9.40. The second-order valence-corrected chi connectivity index (χ2v) is 2.16. The van der Waals surface area contributed by atoms with Crippen LogP contribution in [0.5, 0.6) is 0 Å². The van der Waals surface area contributed by atoms with Gasteiger partial charge in [-0.3, -0.25) is 4.79 Å². The fourth-order valence-corrected chi connectivity index (χ4v) is 0.666. The lowest BCUT2D eigenvalue weighted by molar-refractivity contribution is -0.130. The highest BCUT2D eigenvalue weighted by Gasteiger charge is 2.13. The summed E-state index contributed by atoms with van der Waals surface area (Å²) < 4.78 is 4.77. The second-order valence-electron chi connectivity index (χ2n) is 2.16. The molecule has 0 aliphatic rings. The number of amides is 1. The number of hydrogen-bond acceptors (Lipinski definition) is 4. The number of methoxy groups -OCH3 is 1. The Labute approximate surface area is 71.5 Å². The standard InChI is InChI=1S/C7H13N3O2/c1-12-6(5-9)7(11)10-4-2-3-8/h6H,2,4-5,9H2,1H3,(H,10,11). The molecule has 0 saturated heterocycles. The van der Waals surface area contributed by atoms with Gasteiger partial charge in [0, 0.05) is 20.2 Å². The summed E-state index contributed by atoms with van der Waals surface area (Å²) in [4.78, 5) is 11.1. The van der Waals surface area contributed by atoms with Gasteiger partial charge in [-0.25, -0.2) is 0 Å². The van der Waals surface area contributed by atoms with Crippen LogP contribution in [0.4, 0.5) is 0 Å². The van der Waals surface area contributed by atoms with E-state index in [4.69, 9.17) is 15.7 Å².